The molecule has 0 atom stereocenters. The summed E-state index contributed by atoms with van der Waals surface area (Å²) < 4.78 is 21.7. The number of halogens is 1. The number of nitrogens with zero attached hydrogens (tertiary/aromatic N) is 2. The van der Waals surface area contributed by atoms with Gasteiger partial charge in [-0.2, -0.15) is 0 Å². The molecule has 2 aromatic heterocycles. The average molecular weight is 450 g/mol. The molecule has 5 rings (SSSR count). The van der Waals surface area contributed by atoms with Crippen LogP contribution in [0.3, 0.4) is 0 Å². The molecule has 7 heteroatoms. The highest BCUT2D eigenvalue weighted by atomic mass is 19.1. The summed E-state index contributed by atoms with van der Waals surface area (Å²) in [6.45, 7) is 4.34. The van der Waals surface area contributed by atoms with Gasteiger partial charge in [-0.3, -0.25) is 4.79 Å². The van der Waals surface area contributed by atoms with Crippen LogP contribution >= 0.6 is 0 Å². The van der Waals surface area contributed by atoms with Crippen molar-refractivity contribution in [2.24, 2.45) is 5.92 Å². The van der Waals surface area contributed by atoms with Crippen molar-refractivity contribution in [3.8, 4) is 11.4 Å². The van der Waals surface area contributed by atoms with Gasteiger partial charge in [-0.1, -0.05) is 13.8 Å². The van der Waals surface area contributed by atoms with Crippen LogP contribution in [0.1, 0.15) is 62.6 Å². The first-order valence-corrected chi connectivity index (χ1v) is 11.5. The van der Waals surface area contributed by atoms with Gasteiger partial charge in [0.25, 0.3) is 0 Å². The monoisotopic (exact) mass is 449 g/mol. The number of nitrogens with one attached hydrogen (secondary N) is 1. The molecule has 1 aliphatic carbocycles. The van der Waals surface area contributed by atoms with Crippen LogP contribution in [-0.4, -0.2) is 32.7 Å². The second-order valence-electron chi connectivity index (χ2n) is 9.28. The molecule has 0 bridgehead atoms. The quantitative estimate of drug-likeness (QED) is 0.384. The molecule has 2 N–H and O–H groups in total. The molecule has 33 heavy (non-hydrogen) atoms. The maximum atomic E-state index is 14.2. The number of aromatic amines is 1. The van der Waals surface area contributed by atoms with Crippen LogP contribution in [0.25, 0.3) is 27.6 Å². The topological polar surface area (TPSA) is 80.1 Å². The highest BCUT2D eigenvalue weighted by Crippen LogP contribution is 2.45. The highest BCUT2D eigenvalue weighted by Gasteiger charge is 2.32. The number of aromatic nitrogens is 3. The zero-order chi connectivity index (χ0) is 23.3. The first-order valence-electron chi connectivity index (χ1n) is 11.5. The summed E-state index contributed by atoms with van der Waals surface area (Å²) in [5.74, 6) is -0.689. The Balaban J connectivity index is 1.77. The van der Waals surface area contributed by atoms with Gasteiger partial charge in [-0.05, 0) is 67.3 Å². The fraction of sp³-hybridized carbons (Fsp3) is 0.385. The lowest BCUT2D eigenvalue weighted by atomic mass is 9.77. The minimum atomic E-state index is -0.697. The molecule has 6 nitrogen and oxygen atoms in total. The lowest BCUT2D eigenvalue weighted by molar-refractivity contribution is -0.142. The molecule has 0 spiro atoms. The molecule has 0 unspecified atom stereocenters. The summed E-state index contributed by atoms with van der Waals surface area (Å²) >= 11 is 0. The number of fused-ring (bicyclic) bond motifs is 2. The van der Waals surface area contributed by atoms with Gasteiger partial charge in [0.1, 0.15) is 0 Å². The Morgan fingerprint density at radius 1 is 1.21 bits per heavy atom. The third-order valence-corrected chi connectivity index (χ3v) is 7.01. The van der Waals surface area contributed by atoms with E-state index in [2.05, 4.69) is 40.5 Å². The van der Waals surface area contributed by atoms with Crippen molar-refractivity contribution < 1.29 is 19.0 Å². The van der Waals surface area contributed by atoms with Gasteiger partial charge in [0, 0.05) is 22.8 Å². The van der Waals surface area contributed by atoms with Gasteiger partial charge < -0.3 is 19.4 Å². The van der Waals surface area contributed by atoms with E-state index in [1.165, 1.54) is 24.4 Å². The molecule has 4 aromatic rings. The van der Waals surface area contributed by atoms with Crippen LogP contribution in [0.5, 0.6) is 5.75 Å². The first kappa shape index (κ1) is 21.5. The highest BCUT2D eigenvalue weighted by molar-refractivity contribution is 5.98. The van der Waals surface area contributed by atoms with Crippen molar-refractivity contribution in [3.05, 3.63) is 53.7 Å². The van der Waals surface area contributed by atoms with E-state index in [4.69, 9.17) is 4.74 Å². The van der Waals surface area contributed by atoms with E-state index in [1.807, 2.05) is 0 Å². The molecule has 2 aromatic carbocycles. The minimum Gasteiger partial charge on any atom is -0.494 e. The van der Waals surface area contributed by atoms with Gasteiger partial charge in [-0.25, -0.2) is 9.37 Å². The van der Waals surface area contributed by atoms with Crippen LogP contribution in [0.4, 0.5) is 4.39 Å². The lowest BCUT2D eigenvalue weighted by Gasteiger charge is -2.28. The van der Waals surface area contributed by atoms with Crippen molar-refractivity contribution in [3.63, 3.8) is 0 Å². The van der Waals surface area contributed by atoms with Crippen molar-refractivity contribution >= 4 is 27.9 Å². The largest absolute Gasteiger partial charge is 0.494 e. The normalized spacial score (nSPS) is 18.9. The summed E-state index contributed by atoms with van der Waals surface area (Å²) in [6.07, 6.45) is 4.73. The lowest BCUT2D eigenvalue weighted by Crippen LogP contribution is -2.21. The fourth-order valence-electron chi connectivity index (χ4n) is 5.45. The molecule has 0 aliphatic heterocycles. The second kappa shape index (κ2) is 8.21. The van der Waals surface area contributed by atoms with Gasteiger partial charge in [0.2, 0.25) is 0 Å². The van der Waals surface area contributed by atoms with Crippen LogP contribution in [-0.2, 0) is 4.79 Å². The summed E-state index contributed by atoms with van der Waals surface area (Å²) in [6, 6.07) is 9.19. The summed E-state index contributed by atoms with van der Waals surface area (Å²) in [5, 5.41) is 10.6. The van der Waals surface area contributed by atoms with Gasteiger partial charge in [-0.15, -0.1) is 0 Å². The Labute approximate surface area is 191 Å². The Hall–Kier alpha value is -3.35. The average Bonchev–Trinajstić information content (AvgIpc) is 3.39. The van der Waals surface area contributed by atoms with E-state index in [-0.39, 0.29) is 23.5 Å². The zero-order valence-electron chi connectivity index (χ0n) is 19.1. The molecule has 172 valence electrons. The van der Waals surface area contributed by atoms with Crippen molar-refractivity contribution in [1.82, 2.24) is 14.5 Å². The van der Waals surface area contributed by atoms with Crippen molar-refractivity contribution in [1.29, 1.82) is 0 Å². The second-order valence-corrected chi connectivity index (χ2v) is 9.28. The third-order valence-electron chi connectivity index (χ3n) is 7.01. The molecule has 0 saturated heterocycles. The van der Waals surface area contributed by atoms with Gasteiger partial charge in [0.15, 0.2) is 11.6 Å². The Bertz CT molecular complexity index is 1350. The predicted molar refractivity (Wildman–Crippen MR) is 126 cm³/mol. The number of H-pyrrole nitrogens is 1. The number of hydrogen-bond acceptors (Lipinski definition) is 3. The van der Waals surface area contributed by atoms with E-state index < -0.39 is 11.8 Å². The number of benzene rings is 2. The number of carboxylic acid groups (broad SMARTS) is 1. The Kier molecular flexibility index (Phi) is 5.35. The number of imidazole rings is 1. The van der Waals surface area contributed by atoms with Crippen LogP contribution in [0.2, 0.25) is 0 Å². The molecule has 0 amide bonds. The third kappa shape index (κ3) is 3.56. The van der Waals surface area contributed by atoms with Crippen LogP contribution in [0.15, 0.2) is 36.7 Å². The van der Waals surface area contributed by atoms with E-state index in [1.54, 1.807) is 18.5 Å². The standard InChI is InChI=1S/C26H28FN3O3/c1-14(2)25-24(15-4-6-16(7-5-15)26(31)32)18-11-20-21(29-13-28-20)12-22(18)30(25)17-8-9-19(27)23(10-17)33-3/h8-16H,4-7H2,1-3H3,(H,28,29)(H,31,32)/t15-,16-. The van der Waals surface area contributed by atoms with Crippen molar-refractivity contribution in [2.45, 2.75) is 51.4 Å². The minimum absolute atomic E-state index is 0.201. The number of rotatable bonds is 5. The maximum Gasteiger partial charge on any atom is 0.306 e. The molecule has 1 aliphatic rings. The molecular weight excluding hydrogens is 421 g/mol. The van der Waals surface area contributed by atoms with E-state index in [0.717, 1.165) is 40.5 Å². The number of ether oxygens (including phenoxy) is 1. The Morgan fingerprint density at radius 2 is 1.97 bits per heavy atom. The zero-order valence-corrected chi connectivity index (χ0v) is 19.1. The molecular formula is C26H28FN3O3. The predicted octanol–water partition coefficient (Wildman–Crippen LogP) is 6.14. The maximum absolute atomic E-state index is 14.2. The molecule has 1 fully saturated rings. The molecule has 2 heterocycles. The van der Waals surface area contributed by atoms with E-state index in [0.29, 0.717) is 12.8 Å². The summed E-state index contributed by atoms with van der Waals surface area (Å²) in [4.78, 5) is 19.2. The number of carboxylic acids is 1. The van der Waals surface area contributed by atoms with Gasteiger partial charge in [0.05, 0.1) is 35.9 Å². The summed E-state index contributed by atoms with van der Waals surface area (Å²) in [7, 11) is 1.47. The van der Waals surface area contributed by atoms with E-state index >= 15 is 0 Å². The van der Waals surface area contributed by atoms with E-state index in [9.17, 15) is 14.3 Å². The molecule has 1 saturated carbocycles. The Morgan fingerprint density at radius 3 is 2.64 bits per heavy atom. The SMILES string of the molecule is COc1cc(-n2c(C(C)C)c([C@H]3CC[C@H](C(=O)O)CC3)c3cc4[nH]cnc4cc32)ccc1F. The number of carbonyl (C=O) groups is 1. The number of hydrogen-bond donors (Lipinski definition) is 2. The smallest absolute Gasteiger partial charge is 0.306 e. The number of methoxy groups -OCH3 is 1. The summed E-state index contributed by atoms with van der Waals surface area (Å²) in [5.41, 5.74) is 6.12. The van der Waals surface area contributed by atoms with Crippen molar-refractivity contribution in [2.75, 3.05) is 7.11 Å². The number of aliphatic carboxylic acids is 1. The molecule has 0 radical (unpaired) electrons. The first-order chi connectivity index (χ1) is 15.9. The van der Waals surface area contributed by atoms with Gasteiger partial charge >= 0.3 is 5.97 Å². The van der Waals surface area contributed by atoms with Crippen LogP contribution < -0.4 is 4.74 Å². The van der Waals surface area contributed by atoms with Crippen LogP contribution in [0, 0.1) is 11.7 Å². The fourth-order valence-corrected chi connectivity index (χ4v) is 5.45.